The first-order valence-corrected chi connectivity index (χ1v) is 9.01. The summed E-state index contributed by atoms with van der Waals surface area (Å²) >= 11 is 7.55. The van der Waals surface area contributed by atoms with Crippen LogP contribution < -0.4 is 4.90 Å². The van der Waals surface area contributed by atoms with Gasteiger partial charge in [0.2, 0.25) is 5.91 Å². The zero-order valence-electron chi connectivity index (χ0n) is 13.8. The van der Waals surface area contributed by atoms with E-state index in [0.29, 0.717) is 18.0 Å². The van der Waals surface area contributed by atoms with Gasteiger partial charge in [-0.3, -0.25) is 4.79 Å². The van der Waals surface area contributed by atoms with Crippen molar-refractivity contribution in [2.45, 2.75) is 25.2 Å². The molecule has 5 heteroatoms. The lowest BCUT2D eigenvalue weighted by atomic mass is 10.1. The van der Waals surface area contributed by atoms with Crippen molar-refractivity contribution in [3.8, 4) is 6.07 Å². The molecule has 0 saturated carbocycles. The maximum absolute atomic E-state index is 12.7. The Morgan fingerprint density at radius 2 is 1.96 bits per heavy atom. The Kier molecular flexibility index (Phi) is 6.72. The number of halogens is 1. The molecule has 24 heavy (non-hydrogen) atoms. The molecule has 0 N–H and O–H groups in total. The molecular formula is C19H19ClN2OS. The molecule has 124 valence electrons. The predicted molar refractivity (Wildman–Crippen MR) is 101 cm³/mol. The van der Waals surface area contributed by atoms with Gasteiger partial charge < -0.3 is 4.90 Å². The molecule has 0 aliphatic rings. The minimum atomic E-state index is -0.0292. The zero-order chi connectivity index (χ0) is 17.5. The average molecular weight is 359 g/mol. The van der Waals surface area contributed by atoms with Crippen LogP contribution in [-0.4, -0.2) is 18.2 Å². The molecule has 0 aromatic heterocycles. The fourth-order valence-electron chi connectivity index (χ4n) is 2.23. The zero-order valence-corrected chi connectivity index (χ0v) is 15.3. The van der Waals surface area contributed by atoms with Crippen LogP contribution >= 0.6 is 23.4 Å². The molecule has 0 radical (unpaired) electrons. The number of nitrogens with zero attached hydrogens (tertiary/aromatic N) is 2. The van der Waals surface area contributed by atoms with Crippen molar-refractivity contribution in [1.82, 2.24) is 0 Å². The first-order chi connectivity index (χ1) is 11.5. The van der Waals surface area contributed by atoms with Gasteiger partial charge in [-0.15, -0.1) is 11.8 Å². The van der Waals surface area contributed by atoms with Crippen LogP contribution in [-0.2, 0) is 4.79 Å². The van der Waals surface area contributed by atoms with Crippen molar-refractivity contribution < 1.29 is 4.79 Å². The normalized spacial score (nSPS) is 10.2. The van der Waals surface area contributed by atoms with Crippen molar-refractivity contribution in [3.63, 3.8) is 0 Å². The number of aryl methyl sites for hydroxylation is 2. The third kappa shape index (κ3) is 4.77. The van der Waals surface area contributed by atoms with Gasteiger partial charge in [-0.1, -0.05) is 29.8 Å². The number of carbonyl (C=O) groups is 1. The monoisotopic (exact) mass is 358 g/mol. The molecule has 0 bridgehead atoms. The van der Waals surface area contributed by atoms with Gasteiger partial charge in [0.15, 0.2) is 0 Å². The molecule has 0 saturated heterocycles. The second-order valence-corrected chi connectivity index (χ2v) is 6.87. The fourth-order valence-corrected chi connectivity index (χ4v) is 3.35. The lowest BCUT2D eigenvalue weighted by molar-refractivity contribution is -0.116. The minimum absolute atomic E-state index is 0.0292. The number of thioether (sulfide) groups is 1. The molecule has 0 spiro atoms. The SMILES string of the molecule is Cc1ccc(N(CCC#N)C(=O)CSc2ccccc2Cl)cc1C. The first-order valence-electron chi connectivity index (χ1n) is 7.65. The van der Waals surface area contributed by atoms with E-state index in [9.17, 15) is 4.79 Å². The molecule has 2 aromatic rings. The Morgan fingerprint density at radius 1 is 1.21 bits per heavy atom. The second-order valence-electron chi connectivity index (χ2n) is 5.44. The molecule has 1 amide bonds. The number of nitriles is 1. The number of benzene rings is 2. The summed E-state index contributed by atoms with van der Waals surface area (Å²) in [7, 11) is 0. The standard InChI is InChI=1S/C19H19ClN2OS/c1-14-8-9-16(12-15(14)2)22(11-5-10-21)19(23)13-24-18-7-4-3-6-17(18)20/h3-4,6-9,12H,5,11,13H2,1-2H3. The number of anilines is 1. The average Bonchev–Trinajstić information content (AvgIpc) is 2.57. The Hall–Kier alpha value is -1.96. The summed E-state index contributed by atoms with van der Waals surface area (Å²) in [6.45, 7) is 4.44. The number of carbonyl (C=O) groups excluding carboxylic acids is 1. The van der Waals surface area contributed by atoms with Crippen LogP contribution in [0.25, 0.3) is 0 Å². The summed E-state index contributed by atoms with van der Waals surface area (Å²) in [5.41, 5.74) is 3.14. The quantitative estimate of drug-likeness (QED) is 0.683. The van der Waals surface area contributed by atoms with Crippen molar-refractivity contribution >= 4 is 35.0 Å². The molecular weight excluding hydrogens is 340 g/mol. The Balaban J connectivity index is 2.14. The van der Waals surface area contributed by atoms with E-state index in [2.05, 4.69) is 6.07 Å². The van der Waals surface area contributed by atoms with E-state index >= 15 is 0 Å². The Morgan fingerprint density at radius 3 is 2.62 bits per heavy atom. The van der Waals surface area contributed by atoms with Crippen molar-refractivity contribution in [1.29, 1.82) is 5.26 Å². The van der Waals surface area contributed by atoms with Gasteiger partial charge in [-0.2, -0.15) is 5.26 Å². The molecule has 0 heterocycles. The molecule has 0 fully saturated rings. The highest BCUT2D eigenvalue weighted by Gasteiger charge is 2.17. The van der Waals surface area contributed by atoms with E-state index in [1.54, 1.807) is 4.90 Å². The van der Waals surface area contributed by atoms with Gasteiger partial charge in [0.25, 0.3) is 0 Å². The summed E-state index contributed by atoms with van der Waals surface area (Å²) in [6, 6.07) is 15.5. The smallest absolute Gasteiger partial charge is 0.237 e. The van der Waals surface area contributed by atoms with E-state index in [0.717, 1.165) is 16.1 Å². The summed E-state index contributed by atoms with van der Waals surface area (Å²) < 4.78 is 0. The van der Waals surface area contributed by atoms with Crippen LogP contribution in [0.15, 0.2) is 47.4 Å². The van der Waals surface area contributed by atoms with Crippen LogP contribution in [0.4, 0.5) is 5.69 Å². The van der Waals surface area contributed by atoms with Gasteiger partial charge >= 0.3 is 0 Å². The van der Waals surface area contributed by atoms with E-state index in [1.807, 2.05) is 56.3 Å². The van der Waals surface area contributed by atoms with Crippen LogP contribution in [0, 0.1) is 25.2 Å². The van der Waals surface area contributed by atoms with E-state index in [1.165, 1.54) is 17.3 Å². The third-order valence-electron chi connectivity index (χ3n) is 3.74. The molecule has 3 nitrogen and oxygen atoms in total. The van der Waals surface area contributed by atoms with Crippen LogP contribution in [0.3, 0.4) is 0 Å². The molecule has 0 aliphatic heterocycles. The molecule has 0 atom stereocenters. The lowest BCUT2D eigenvalue weighted by Crippen LogP contribution is -2.33. The molecule has 2 rings (SSSR count). The highest BCUT2D eigenvalue weighted by Crippen LogP contribution is 2.27. The maximum Gasteiger partial charge on any atom is 0.237 e. The minimum Gasteiger partial charge on any atom is -0.311 e. The highest BCUT2D eigenvalue weighted by molar-refractivity contribution is 8.00. The number of hydrogen-bond donors (Lipinski definition) is 0. The van der Waals surface area contributed by atoms with Crippen LogP contribution in [0.5, 0.6) is 0 Å². The van der Waals surface area contributed by atoms with Gasteiger partial charge in [-0.05, 0) is 49.2 Å². The Labute approximate surface area is 152 Å². The topological polar surface area (TPSA) is 44.1 Å². The van der Waals surface area contributed by atoms with E-state index < -0.39 is 0 Å². The maximum atomic E-state index is 12.7. The number of amides is 1. The van der Waals surface area contributed by atoms with E-state index in [4.69, 9.17) is 16.9 Å². The van der Waals surface area contributed by atoms with Crippen molar-refractivity contribution in [3.05, 3.63) is 58.6 Å². The van der Waals surface area contributed by atoms with Gasteiger partial charge in [0.05, 0.1) is 23.3 Å². The number of hydrogen-bond acceptors (Lipinski definition) is 3. The summed E-state index contributed by atoms with van der Waals surface area (Å²) in [4.78, 5) is 15.2. The Bertz CT molecular complexity index is 770. The van der Waals surface area contributed by atoms with E-state index in [-0.39, 0.29) is 11.7 Å². The van der Waals surface area contributed by atoms with Gasteiger partial charge in [0, 0.05) is 17.1 Å². The molecule has 2 aromatic carbocycles. The van der Waals surface area contributed by atoms with Gasteiger partial charge in [0.1, 0.15) is 0 Å². The summed E-state index contributed by atoms with van der Waals surface area (Å²) in [5.74, 6) is 0.251. The summed E-state index contributed by atoms with van der Waals surface area (Å²) in [6.07, 6.45) is 0.301. The summed E-state index contributed by atoms with van der Waals surface area (Å²) in [5, 5.41) is 9.52. The predicted octanol–water partition coefficient (Wildman–Crippen LogP) is 5.00. The van der Waals surface area contributed by atoms with Crippen molar-refractivity contribution in [2.75, 3.05) is 17.2 Å². The number of rotatable bonds is 6. The van der Waals surface area contributed by atoms with Crippen LogP contribution in [0.1, 0.15) is 17.5 Å². The van der Waals surface area contributed by atoms with Crippen molar-refractivity contribution in [2.24, 2.45) is 0 Å². The molecule has 0 unspecified atom stereocenters. The first kappa shape index (κ1) is 18.4. The van der Waals surface area contributed by atoms with Crippen LogP contribution in [0.2, 0.25) is 5.02 Å². The second kappa shape index (κ2) is 8.77. The largest absolute Gasteiger partial charge is 0.311 e. The highest BCUT2D eigenvalue weighted by atomic mass is 35.5. The molecule has 0 aliphatic carbocycles. The lowest BCUT2D eigenvalue weighted by Gasteiger charge is -2.22. The van der Waals surface area contributed by atoms with Gasteiger partial charge in [-0.25, -0.2) is 0 Å². The fraction of sp³-hybridized carbons (Fsp3) is 0.263. The third-order valence-corrected chi connectivity index (χ3v) is 5.24.